The first kappa shape index (κ1) is 20.5. The van der Waals surface area contributed by atoms with Crippen molar-refractivity contribution in [3.05, 3.63) is 68.6 Å². The van der Waals surface area contributed by atoms with Gasteiger partial charge in [-0.25, -0.2) is 9.59 Å². The highest BCUT2D eigenvalue weighted by Crippen LogP contribution is 2.24. The van der Waals surface area contributed by atoms with E-state index in [-0.39, 0.29) is 11.4 Å². The van der Waals surface area contributed by atoms with Crippen molar-refractivity contribution in [2.45, 2.75) is 53.4 Å². The van der Waals surface area contributed by atoms with Gasteiger partial charge >= 0.3 is 11.9 Å². The lowest BCUT2D eigenvalue weighted by atomic mass is 10.0. The lowest BCUT2D eigenvalue weighted by Gasteiger charge is -2.03. The number of aromatic nitrogens is 3. The van der Waals surface area contributed by atoms with Gasteiger partial charge in [-0.05, 0) is 61.1 Å². The summed E-state index contributed by atoms with van der Waals surface area (Å²) >= 11 is 0. The van der Waals surface area contributed by atoms with Gasteiger partial charge in [-0.1, -0.05) is 13.8 Å². The molecule has 0 radical (unpaired) electrons. The topological polar surface area (TPSA) is 122 Å². The number of hydrogen-bond donors (Lipinski definition) is 5. The summed E-state index contributed by atoms with van der Waals surface area (Å²) in [4.78, 5) is 32.3. The molecule has 0 unspecified atom stereocenters. The highest BCUT2D eigenvalue weighted by molar-refractivity contribution is 5.88. The van der Waals surface area contributed by atoms with Gasteiger partial charge < -0.3 is 25.2 Å². The van der Waals surface area contributed by atoms with Crippen LogP contribution in [0.4, 0.5) is 0 Å². The van der Waals surface area contributed by atoms with Gasteiger partial charge in [0.15, 0.2) is 0 Å². The Morgan fingerprint density at radius 1 is 0.759 bits per heavy atom. The van der Waals surface area contributed by atoms with Crippen LogP contribution in [0.5, 0.6) is 0 Å². The van der Waals surface area contributed by atoms with E-state index in [1.807, 2.05) is 39.8 Å². The molecule has 3 aromatic rings. The number of rotatable bonds is 8. The van der Waals surface area contributed by atoms with Crippen molar-refractivity contribution in [1.82, 2.24) is 15.0 Å². The second kappa shape index (κ2) is 8.03. The molecule has 7 nitrogen and oxygen atoms in total. The zero-order chi connectivity index (χ0) is 21.3. The molecule has 0 saturated heterocycles. The van der Waals surface area contributed by atoms with Gasteiger partial charge in [0, 0.05) is 35.6 Å². The Morgan fingerprint density at radius 2 is 1.14 bits per heavy atom. The van der Waals surface area contributed by atoms with Crippen molar-refractivity contribution in [3.8, 4) is 0 Å². The number of carboxylic acid groups (broad SMARTS) is 2. The molecular formula is C22H27N3O4. The molecule has 0 aliphatic rings. The molecule has 5 N–H and O–H groups in total. The zero-order valence-electron chi connectivity index (χ0n) is 17.2. The van der Waals surface area contributed by atoms with Gasteiger partial charge in [0.1, 0.15) is 11.4 Å². The fourth-order valence-electron chi connectivity index (χ4n) is 4.16. The summed E-state index contributed by atoms with van der Waals surface area (Å²) in [5, 5.41) is 18.7. The minimum Gasteiger partial charge on any atom is -0.477 e. The van der Waals surface area contributed by atoms with Crippen molar-refractivity contribution >= 4 is 11.9 Å². The number of hydrogen-bond acceptors (Lipinski definition) is 2. The fraction of sp³-hybridized carbons (Fsp3) is 0.364. The summed E-state index contributed by atoms with van der Waals surface area (Å²) in [7, 11) is 0. The van der Waals surface area contributed by atoms with Crippen molar-refractivity contribution in [2.75, 3.05) is 0 Å². The Balaban J connectivity index is 1.84. The first-order valence-electron chi connectivity index (χ1n) is 9.80. The van der Waals surface area contributed by atoms with Crippen molar-refractivity contribution in [1.29, 1.82) is 0 Å². The fourth-order valence-corrected chi connectivity index (χ4v) is 4.16. The number of nitrogens with one attached hydrogen (secondary N) is 3. The highest BCUT2D eigenvalue weighted by Gasteiger charge is 2.19. The van der Waals surface area contributed by atoms with Crippen LogP contribution in [0.3, 0.4) is 0 Å². The summed E-state index contributed by atoms with van der Waals surface area (Å²) < 4.78 is 0. The lowest BCUT2D eigenvalue weighted by molar-refractivity contribution is 0.0679. The Kier molecular flexibility index (Phi) is 5.68. The third-order valence-corrected chi connectivity index (χ3v) is 5.61. The summed E-state index contributed by atoms with van der Waals surface area (Å²) in [6.07, 6.45) is 2.69. The number of carbonyl (C=O) groups is 2. The third-order valence-electron chi connectivity index (χ3n) is 5.61. The monoisotopic (exact) mass is 397 g/mol. The summed E-state index contributed by atoms with van der Waals surface area (Å²) in [6.45, 7) is 7.71. The Bertz CT molecular complexity index is 986. The number of carboxylic acids is 2. The molecule has 7 heteroatoms. The molecule has 0 saturated carbocycles. The van der Waals surface area contributed by atoms with Crippen LogP contribution < -0.4 is 0 Å². The molecular weight excluding hydrogens is 370 g/mol. The smallest absolute Gasteiger partial charge is 0.352 e. The Morgan fingerprint density at radius 3 is 1.45 bits per heavy atom. The van der Waals surface area contributed by atoms with E-state index in [1.54, 1.807) is 0 Å². The molecule has 0 aliphatic carbocycles. The van der Waals surface area contributed by atoms with Crippen LogP contribution in [0.25, 0.3) is 0 Å². The van der Waals surface area contributed by atoms with Crippen LogP contribution in [0.15, 0.2) is 12.1 Å². The second-order valence-corrected chi connectivity index (χ2v) is 7.34. The van der Waals surface area contributed by atoms with Crippen molar-refractivity contribution < 1.29 is 19.8 Å². The molecule has 0 aliphatic heterocycles. The maximum atomic E-state index is 11.4. The summed E-state index contributed by atoms with van der Waals surface area (Å²) in [5.74, 6) is -1.89. The van der Waals surface area contributed by atoms with Crippen molar-refractivity contribution in [3.63, 3.8) is 0 Å². The molecule has 154 valence electrons. The van der Waals surface area contributed by atoms with Gasteiger partial charge in [-0.2, -0.15) is 0 Å². The minimum absolute atomic E-state index is 0.249. The van der Waals surface area contributed by atoms with E-state index < -0.39 is 11.9 Å². The SMILES string of the molecule is CCc1c(Cc2ccc(Cc3[nH]c(C(=O)O)c(C)c3CC)[nH]2)[nH]c(C(=O)O)c1C. The van der Waals surface area contributed by atoms with E-state index >= 15 is 0 Å². The maximum Gasteiger partial charge on any atom is 0.352 e. The normalized spacial score (nSPS) is 11.2. The molecule has 3 heterocycles. The highest BCUT2D eigenvalue weighted by atomic mass is 16.4. The van der Waals surface area contributed by atoms with E-state index in [4.69, 9.17) is 0 Å². The van der Waals surface area contributed by atoms with Gasteiger partial charge in [0.05, 0.1) is 0 Å². The predicted molar refractivity (Wildman–Crippen MR) is 110 cm³/mol. The average Bonchev–Trinajstić information content (AvgIpc) is 3.32. The largest absolute Gasteiger partial charge is 0.477 e. The minimum atomic E-state index is -0.945. The van der Waals surface area contributed by atoms with Crippen LogP contribution in [0, 0.1) is 13.8 Å². The number of H-pyrrole nitrogens is 3. The molecule has 0 spiro atoms. The number of aromatic amines is 3. The summed E-state index contributed by atoms with van der Waals surface area (Å²) in [5.41, 5.74) is 7.94. The second-order valence-electron chi connectivity index (χ2n) is 7.34. The van der Waals surface area contributed by atoms with E-state index in [1.165, 1.54) is 0 Å². The molecule has 0 bridgehead atoms. The molecule has 0 aromatic carbocycles. The van der Waals surface area contributed by atoms with Gasteiger partial charge in [-0.3, -0.25) is 0 Å². The maximum absolute atomic E-state index is 11.4. The lowest BCUT2D eigenvalue weighted by Crippen LogP contribution is -1.99. The van der Waals surface area contributed by atoms with Crippen LogP contribution in [0.1, 0.15) is 79.9 Å². The van der Waals surface area contributed by atoms with Gasteiger partial charge in [0.2, 0.25) is 0 Å². The molecule has 3 rings (SSSR count). The molecule has 0 atom stereocenters. The quantitative estimate of drug-likeness (QED) is 0.394. The Hall–Kier alpha value is -3.22. The molecule has 0 amide bonds. The zero-order valence-corrected chi connectivity index (χ0v) is 17.2. The Labute approximate surface area is 169 Å². The van der Waals surface area contributed by atoms with Crippen LogP contribution >= 0.6 is 0 Å². The van der Waals surface area contributed by atoms with E-state index in [0.29, 0.717) is 12.8 Å². The van der Waals surface area contributed by atoms with Crippen LogP contribution in [0.2, 0.25) is 0 Å². The number of aromatic carboxylic acids is 2. The molecule has 0 fully saturated rings. The summed E-state index contributed by atoms with van der Waals surface area (Å²) in [6, 6.07) is 3.98. The van der Waals surface area contributed by atoms with Gasteiger partial charge in [0.25, 0.3) is 0 Å². The molecule has 3 aromatic heterocycles. The first-order valence-corrected chi connectivity index (χ1v) is 9.80. The van der Waals surface area contributed by atoms with Gasteiger partial charge in [-0.15, -0.1) is 0 Å². The van der Waals surface area contributed by atoms with Crippen LogP contribution in [-0.4, -0.2) is 37.1 Å². The van der Waals surface area contributed by atoms with Crippen LogP contribution in [-0.2, 0) is 25.7 Å². The average molecular weight is 397 g/mol. The first-order chi connectivity index (χ1) is 13.8. The van der Waals surface area contributed by atoms with E-state index in [2.05, 4.69) is 15.0 Å². The standard InChI is InChI=1S/C22H27N3O4/c1-5-15-11(3)19(21(26)27)24-17(15)9-13-7-8-14(23-13)10-18-16(6-2)12(4)20(25-18)22(28)29/h7-8,23-25H,5-6,9-10H2,1-4H3,(H,26,27)(H,28,29). The third kappa shape index (κ3) is 3.85. The van der Waals surface area contributed by atoms with E-state index in [0.717, 1.165) is 57.9 Å². The predicted octanol–water partition coefficient (Wildman–Crippen LogP) is 3.99. The van der Waals surface area contributed by atoms with Crippen molar-refractivity contribution in [2.24, 2.45) is 0 Å². The molecule has 29 heavy (non-hydrogen) atoms. The van der Waals surface area contributed by atoms with E-state index in [9.17, 15) is 19.8 Å².